The summed E-state index contributed by atoms with van der Waals surface area (Å²) in [6.45, 7) is 3.50. The Bertz CT molecular complexity index is 654. The van der Waals surface area contributed by atoms with Crippen LogP contribution in [0.4, 0.5) is 0 Å². The molecule has 21 heavy (non-hydrogen) atoms. The van der Waals surface area contributed by atoms with E-state index in [0.717, 1.165) is 10.0 Å². The van der Waals surface area contributed by atoms with Crippen molar-refractivity contribution in [2.75, 3.05) is 0 Å². The lowest BCUT2D eigenvalue weighted by Gasteiger charge is -2.09. The van der Waals surface area contributed by atoms with Gasteiger partial charge in [0.2, 0.25) is 0 Å². The molecule has 2 aromatic rings. The molecular weight excluding hydrogens is 332 g/mol. The molecule has 0 aliphatic heterocycles. The largest absolute Gasteiger partial charge is 0.505 e. The molecule has 0 unspecified atom stereocenters. The molecule has 1 heterocycles. The van der Waals surface area contributed by atoms with E-state index in [4.69, 9.17) is 0 Å². The summed E-state index contributed by atoms with van der Waals surface area (Å²) >= 11 is 3.40. The van der Waals surface area contributed by atoms with E-state index < -0.39 is 0 Å². The minimum atomic E-state index is -0.186. The highest BCUT2D eigenvalue weighted by atomic mass is 79.9. The maximum Gasteiger partial charge on any atom is 0.145 e. The monoisotopic (exact) mass is 348 g/mol. The second-order valence-electron chi connectivity index (χ2n) is 4.79. The number of hydrogen-bond donors (Lipinski definition) is 2. The van der Waals surface area contributed by atoms with Crippen LogP contribution in [-0.4, -0.2) is 21.4 Å². The number of aromatic nitrogens is 1. The molecule has 2 N–H and O–H groups in total. The molecule has 110 valence electrons. The molecule has 0 spiro atoms. The lowest BCUT2D eigenvalue weighted by molar-refractivity contribution is 0.280. The zero-order valence-electron chi connectivity index (χ0n) is 11.9. The summed E-state index contributed by atoms with van der Waals surface area (Å²) in [7, 11) is 0. The third-order valence-corrected chi connectivity index (χ3v) is 3.84. The summed E-state index contributed by atoms with van der Waals surface area (Å²) in [5.41, 5.74) is 2.68. The molecule has 0 radical (unpaired) electrons. The predicted molar refractivity (Wildman–Crippen MR) is 86.7 cm³/mol. The molecule has 5 heteroatoms. The van der Waals surface area contributed by atoms with Crippen LogP contribution in [0.1, 0.15) is 35.3 Å². The fraction of sp³-hybridized carbons (Fsp3) is 0.250. The maximum atomic E-state index is 10.1. The van der Waals surface area contributed by atoms with Crippen LogP contribution in [0.25, 0.3) is 0 Å². The molecular formula is C16H17BrN2O2. The van der Waals surface area contributed by atoms with Gasteiger partial charge in [-0.2, -0.15) is 0 Å². The number of aliphatic imine (C=N–C) groups is 1. The number of aliphatic hydroxyl groups excluding tert-OH is 1. The first-order chi connectivity index (χ1) is 10.0. The zero-order chi connectivity index (χ0) is 15.4. The van der Waals surface area contributed by atoms with Gasteiger partial charge in [0.05, 0.1) is 18.3 Å². The van der Waals surface area contributed by atoms with Gasteiger partial charge < -0.3 is 10.2 Å². The fourth-order valence-corrected chi connectivity index (χ4v) is 2.20. The summed E-state index contributed by atoms with van der Waals surface area (Å²) in [6.07, 6.45) is 3.16. The van der Waals surface area contributed by atoms with Gasteiger partial charge in [0.15, 0.2) is 0 Å². The Morgan fingerprint density at radius 2 is 2.00 bits per heavy atom. The number of aryl methyl sites for hydroxylation is 1. The van der Waals surface area contributed by atoms with Gasteiger partial charge in [-0.15, -0.1) is 0 Å². The molecule has 0 saturated carbocycles. The molecule has 0 fully saturated rings. The van der Waals surface area contributed by atoms with E-state index in [-0.39, 0.29) is 18.4 Å². The van der Waals surface area contributed by atoms with Crippen LogP contribution in [-0.2, 0) is 6.61 Å². The summed E-state index contributed by atoms with van der Waals surface area (Å²) in [5, 5.41) is 19.4. The molecule has 1 aromatic carbocycles. The predicted octanol–water partition coefficient (Wildman–Crippen LogP) is 3.53. The molecule has 0 aliphatic carbocycles. The van der Waals surface area contributed by atoms with Crippen molar-refractivity contribution in [2.45, 2.75) is 26.5 Å². The minimum Gasteiger partial charge on any atom is -0.505 e. The Morgan fingerprint density at radius 3 is 2.62 bits per heavy atom. The molecule has 2 rings (SSSR count). The van der Waals surface area contributed by atoms with Crippen LogP contribution in [0.2, 0.25) is 0 Å². The van der Waals surface area contributed by atoms with Gasteiger partial charge in [0.25, 0.3) is 0 Å². The maximum absolute atomic E-state index is 10.1. The zero-order valence-corrected chi connectivity index (χ0v) is 13.5. The van der Waals surface area contributed by atoms with E-state index >= 15 is 0 Å². The van der Waals surface area contributed by atoms with Gasteiger partial charge in [-0.25, -0.2) is 0 Å². The summed E-state index contributed by atoms with van der Waals surface area (Å²) in [4.78, 5) is 8.49. The second kappa shape index (κ2) is 6.83. The van der Waals surface area contributed by atoms with Crippen LogP contribution < -0.4 is 0 Å². The highest BCUT2D eigenvalue weighted by molar-refractivity contribution is 9.10. The lowest BCUT2D eigenvalue weighted by atomic mass is 10.1. The number of aliphatic hydroxyl groups is 1. The number of hydrogen-bond acceptors (Lipinski definition) is 4. The van der Waals surface area contributed by atoms with Crippen molar-refractivity contribution in [3.05, 3.63) is 57.3 Å². The quantitative estimate of drug-likeness (QED) is 0.830. The van der Waals surface area contributed by atoms with E-state index in [1.54, 1.807) is 19.3 Å². The Balaban J connectivity index is 2.28. The Hall–Kier alpha value is -1.72. The van der Waals surface area contributed by atoms with Gasteiger partial charge in [-0.1, -0.05) is 28.1 Å². The highest BCUT2D eigenvalue weighted by Crippen LogP contribution is 2.24. The van der Waals surface area contributed by atoms with Crippen molar-refractivity contribution >= 4 is 22.1 Å². The van der Waals surface area contributed by atoms with Gasteiger partial charge in [-0.3, -0.25) is 9.98 Å². The Morgan fingerprint density at radius 1 is 1.33 bits per heavy atom. The summed E-state index contributed by atoms with van der Waals surface area (Å²) in [6, 6.07) is 7.88. The van der Waals surface area contributed by atoms with E-state index in [2.05, 4.69) is 25.9 Å². The lowest BCUT2D eigenvalue weighted by Crippen LogP contribution is -1.99. The molecule has 0 amide bonds. The molecule has 1 atom stereocenters. The van der Waals surface area contributed by atoms with Crippen molar-refractivity contribution in [1.29, 1.82) is 0 Å². The number of rotatable bonds is 4. The van der Waals surface area contributed by atoms with E-state index in [1.165, 1.54) is 0 Å². The van der Waals surface area contributed by atoms with Gasteiger partial charge in [0.1, 0.15) is 5.75 Å². The van der Waals surface area contributed by atoms with Gasteiger partial charge in [-0.05, 0) is 31.5 Å². The molecule has 4 nitrogen and oxygen atoms in total. The van der Waals surface area contributed by atoms with Crippen molar-refractivity contribution in [3.8, 4) is 5.75 Å². The van der Waals surface area contributed by atoms with E-state index in [0.29, 0.717) is 16.8 Å². The van der Waals surface area contributed by atoms with Crippen LogP contribution in [0.3, 0.4) is 0 Å². The van der Waals surface area contributed by atoms with Crippen molar-refractivity contribution in [2.24, 2.45) is 4.99 Å². The average Bonchev–Trinajstić information content (AvgIpc) is 2.49. The third-order valence-electron chi connectivity index (χ3n) is 3.31. The summed E-state index contributed by atoms with van der Waals surface area (Å²) < 4.78 is 1.02. The van der Waals surface area contributed by atoms with Gasteiger partial charge >= 0.3 is 0 Å². The molecule has 0 bridgehead atoms. The van der Waals surface area contributed by atoms with Crippen molar-refractivity contribution in [3.63, 3.8) is 0 Å². The first-order valence-corrected chi connectivity index (χ1v) is 7.39. The fourth-order valence-electron chi connectivity index (χ4n) is 1.94. The van der Waals surface area contributed by atoms with Crippen LogP contribution in [0.15, 0.2) is 39.9 Å². The first kappa shape index (κ1) is 15.7. The second-order valence-corrected chi connectivity index (χ2v) is 5.71. The minimum absolute atomic E-state index is 0.0440. The average molecular weight is 349 g/mol. The van der Waals surface area contributed by atoms with Crippen LogP contribution in [0.5, 0.6) is 5.75 Å². The third kappa shape index (κ3) is 3.68. The first-order valence-electron chi connectivity index (χ1n) is 6.60. The molecule has 0 aliphatic rings. The topological polar surface area (TPSA) is 65.7 Å². The van der Waals surface area contributed by atoms with Crippen LogP contribution >= 0.6 is 15.9 Å². The molecule has 1 aromatic heterocycles. The van der Waals surface area contributed by atoms with E-state index in [9.17, 15) is 10.2 Å². The Labute approximate surface area is 132 Å². The standard InChI is InChI=1S/C16H17BrN2O2/c1-10(12-3-5-14(17)6-4-12)19-8-15-13(9-20)7-18-11(2)16(15)21/h3-8,10,20-21H,9H2,1-2H3/t10-/m0/s1. The summed E-state index contributed by atoms with van der Waals surface area (Å²) in [5.74, 6) is 0.0632. The van der Waals surface area contributed by atoms with Gasteiger partial charge in [0, 0.05) is 28.0 Å². The van der Waals surface area contributed by atoms with Crippen molar-refractivity contribution in [1.82, 2.24) is 4.98 Å². The smallest absolute Gasteiger partial charge is 0.145 e. The number of aromatic hydroxyl groups is 1. The molecule has 0 saturated heterocycles. The van der Waals surface area contributed by atoms with Crippen LogP contribution in [0, 0.1) is 6.92 Å². The number of halogens is 1. The normalized spacial score (nSPS) is 12.8. The van der Waals surface area contributed by atoms with Crippen molar-refractivity contribution < 1.29 is 10.2 Å². The Kier molecular flexibility index (Phi) is 5.09. The number of nitrogens with zero attached hydrogens (tertiary/aromatic N) is 2. The van der Waals surface area contributed by atoms with E-state index in [1.807, 2.05) is 31.2 Å². The number of pyridine rings is 1. The SMILES string of the molecule is Cc1ncc(CO)c(C=N[C@@H](C)c2ccc(Br)cc2)c1O. The number of benzene rings is 1. The highest BCUT2D eigenvalue weighted by Gasteiger charge is 2.10.